The number of hydrogen-bond acceptors (Lipinski definition) is 4. The number of amides is 1. The fourth-order valence-electron chi connectivity index (χ4n) is 2.48. The van der Waals surface area contributed by atoms with E-state index < -0.39 is 0 Å². The zero-order chi connectivity index (χ0) is 16.9. The molecular weight excluding hydrogens is 320 g/mol. The summed E-state index contributed by atoms with van der Waals surface area (Å²) in [5.74, 6) is 0.0231. The second-order valence-electron chi connectivity index (χ2n) is 5.81. The van der Waals surface area contributed by atoms with Crippen LogP contribution in [0.4, 0.5) is 5.69 Å². The van der Waals surface area contributed by atoms with Gasteiger partial charge in [-0.2, -0.15) is 0 Å². The number of anilines is 1. The number of thiophene rings is 1. The maximum Gasteiger partial charge on any atom is 0.254 e. The third-order valence-corrected chi connectivity index (χ3v) is 4.66. The summed E-state index contributed by atoms with van der Waals surface area (Å²) in [6.07, 6.45) is 3.32. The van der Waals surface area contributed by atoms with Crippen molar-refractivity contribution in [3.05, 3.63) is 76.4 Å². The molecule has 1 aromatic carbocycles. The molecule has 3 aromatic rings. The van der Waals surface area contributed by atoms with Gasteiger partial charge in [-0.15, -0.1) is 11.3 Å². The van der Waals surface area contributed by atoms with Crippen LogP contribution < -0.4 is 4.90 Å². The summed E-state index contributed by atoms with van der Waals surface area (Å²) in [7, 11) is 3.97. The van der Waals surface area contributed by atoms with E-state index in [1.807, 2.05) is 65.7 Å². The Morgan fingerprint density at radius 1 is 1.08 bits per heavy atom. The van der Waals surface area contributed by atoms with Gasteiger partial charge in [-0.05, 0) is 41.8 Å². The lowest BCUT2D eigenvalue weighted by Crippen LogP contribution is -2.29. The van der Waals surface area contributed by atoms with E-state index in [4.69, 9.17) is 4.42 Å². The standard InChI is InChI=1S/C19H20N2O2S/c1-20(2)17-7-5-16(6-8-17)19(22)21(12-15-9-10-23-14-15)13-18-4-3-11-24-18/h3-11,14H,12-13H2,1-2H3. The summed E-state index contributed by atoms with van der Waals surface area (Å²) in [5.41, 5.74) is 2.76. The summed E-state index contributed by atoms with van der Waals surface area (Å²) in [6, 6.07) is 13.7. The molecule has 0 unspecified atom stereocenters. The highest BCUT2D eigenvalue weighted by atomic mass is 32.1. The first-order valence-corrected chi connectivity index (χ1v) is 8.61. The van der Waals surface area contributed by atoms with Crippen molar-refractivity contribution in [3.63, 3.8) is 0 Å². The van der Waals surface area contributed by atoms with Gasteiger partial charge in [0, 0.05) is 42.3 Å². The second-order valence-corrected chi connectivity index (χ2v) is 6.85. The van der Waals surface area contributed by atoms with Crippen LogP contribution in [0.3, 0.4) is 0 Å². The summed E-state index contributed by atoms with van der Waals surface area (Å²) in [4.78, 5) is 18.0. The Kier molecular flexibility index (Phi) is 5.01. The minimum atomic E-state index is 0.0231. The van der Waals surface area contributed by atoms with E-state index in [0.29, 0.717) is 18.7 Å². The monoisotopic (exact) mass is 340 g/mol. The van der Waals surface area contributed by atoms with Crippen molar-refractivity contribution in [1.82, 2.24) is 4.90 Å². The first kappa shape index (κ1) is 16.3. The van der Waals surface area contributed by atoms with E-state index in [1.165, 1.54) is 0 Å². The van der Waals surface area contributed by atoms with E-state index in [0.717, 1.165) is 16.1 Å². The Balaban J connectivity index is 1.81. The summed E-state index contributed by atoms with van der Waals surface area (Å²) >= 11 is 1.66. The number of rotatable bonds is 6. The predicted octanol–water partition coefficient (Wildman–Crippen LogP) is 4.25. The molecule has 4 nitrogen and oxygen atoms in total. The van der Waals surface area contributed by atoms with Crippen molar-refractivity contribution in [1.29, 1.82) is 0 Å². The maximum absolute atomic E-state index is 13.0. The van der Waals surface area contributed by atoms with Crippen LogP contribution >= 0.6 is 11.3 Å². The fraction of sp³-hybridized carbons (Fsp3) is 0.211. The molecule has 0 bridgehead atoms. The molecule has 2 heterocycles. The van der Waals surface area contributed by atoms with Crippen molar-refractivity contribution in [3.8, 4) is 0 Å². The Bertz CT molecular complexity index is 726. The molecule has 0 aliphatic rings. The number of nitrogens with zero attached hydrogens (tertiary/aromatic N) is 2. The smallest absolute Gasteiger partial charge is 0.254 e. The molecule has 0 N–H and O–H groups in total. The van der Waals surface area contributed by atoms with Crippen molar-refractivity contribution in [2.75, 3.05) is 19.0 Å². The Morgan fingerprint density at radius 3 is 2.46 bits per heavy atom. The van der Waals surface area contributed by atoms with E-state index >= 15 is 0 Å². The van der Waals surface area contributed by atoms with E-state index in [9.17, 15) is 4.79 Å². The molecule has 24 heavy (non-hydrogen) atoms. The number of carbonyl (C=O) groups is 1. The molecule has 124 valence electrons. The molecule has 0 fully saturated rings. The predicted molar refractivity (Wildman–Crippen MR) is 97.4 cm³/mol. The van der Waals surface area contributed by atoms with Gasteiger partial charge in [0.05, 0.1) is 19.1 Å². The van der Waals surface area contributed by atoms with Crippen LogP contribution in [0.5, 0.6) is 0 Å². The van der Waals surface area contributed by atoms with Gasteiger partial charge in [-0.25, -0.2) is 0 Å². The third kappa shape index (κ3) is 3.86. The van der Waals surface area contributed by atoms with Crippen LogP contribution in [0.25, 0.3) is 0 Å². The first-order valence-electron chi connectivity index (χ1n) is 7.73. The fourth-order valence-corrected chi connectivity index (χ4v) is 3.20. The van der Waals surface area contributed by atoms with Crippen molar-refractivity contribution in [2.24, 2.45) is 0 Å². The lowest BCUT2D eigenvalue weighted by atomic mass is 10.1. The van der Waals surface area contributed by atoms with Gasteiger partial charge in [0.15, 0.2) is 0 Å². The van der Waals surface area contributed by atoms with Crippen LogP contribution in [0, 0.1) is 0 Å². The normalized spacial score (nSPS) is 10.6. The Morgan fingerprint density at radius 2 is 1.88 bits per heavy atom. The zero-order valence-electron chi connectivity index (χ0n) is 13.8. The summed E-state index contributed by atoms with van der Waals surface area (Å²) in [6.45, 7) is 1.12. The molecule has 3 rings (SSSR count). The van der Waals surface area contributed by atoms with Crippen LogP contribution in [-0.4, -0.2) is 24.9 Å². The molecule has 0 aliphatic carbocycles. The van der Waals surface area contributed by atoms with Gasteiger partial charge < -0.3 is 14.2 Å². The van der Waals surface area contributed by atoms with E-state index in [-0.39, 0.29) is 5.91 Å². The average molecular weight is 340 g/mol. The van der Waals surface area contributed by atoms with Gasteiger partial charge in [0.1, 0.15) is 0 Å². The number of furan rings is 1. The molecule has 0 aliphatic heterocycles. The minimum absolute atomic E-state index is 0.0231. The van der Waals surface area contributed by atoms with Crippen LogP contribution in [0.2, 0.25) is 0 Å². The van der Waals surface area contributed by atoms with Crippen molar-refractivity contribution in [2.45, 2.75) is 13.1 Å². The first-order chi connectivity index (χ1) is 11.6. The number of benzene rings is 1. The molecule has 1 amide bonds. The van der Waals surface area contributed by atoms with E-state index in [2.05, 4.69) is 6.07 Å². The lowest BCUT2D eigenvalue weighted by Gasteiger charge is -2.22. The van der Waals surface area contributed by atoms with Crippen LogP contribution in [0.15, 0.2) is 64.8 Å². The highest BCUT2D eigenvalue weighted by Gasteiger charge is 2.18. The summed E-state index contributed by atoms with van der Waals surface area (Å²) < 4.78 is 5.14. The van der Waals surface area contributed by atoms with Crippen molar-refractivity contribution < 1.29 is 9.21 Å². The Hall–Kier alpha value is -2.53. The molecule has 0 radical (unpaired) electrons. The number of carbonyl (C=O) groups excluding carboxylic acids is 1. The topological polar surface area (TPSA) is 36.7 Å². The molecule has 0 spiro atoms. The summed E-state index contributed by atoms with van der Waals surface area (Å²) in [5, 5.41) is 2.03. The zero-order valence-corrected chi connectivity index (χ0v) is 14.6. The van der Waals surface area contributed by atoms with E-state index in [1.54, 1.807) is 23.9 Å². The minimum Gasteiger partial charge on any atom is -0.472 e. The molecule has 0 saturated heterocycles. The number of hydrogen-bond donors (Lipinski definition) is 0. The quantitative estimate of drug-likeness (QED) is 0.673. The molecule has 2 aromatic heterocycles. The molecule has 0 saturated carbocycles. The van der Waals surface area contributed by atoms with Gasteiger partial charge in [-0.3, -0.25) is 4.79 Å². The van der Waals surface area contributed by atoms with Gasteiger partial charge in [0.25, 0.3) is 5.91 Å². The van der Waals surface area contributed by atoms with Gasteiger partial charge >= 0.3 is 0 Å². The van der Waals surface area contributed by atoms with Crippen molar-refractivity contribution >= 4 is 22.9 Å². The SMILES string of the molecule is CN(C)c1ccc(C(=O)N(Cc2ccoc2)Cc2cccs2)cc1. The largest absolute Gasteiger partial charge is 0.472 e. The third-order valence-electron chi connectivity index (χ3n) is 3.80. The lowest BCUT2D eigenvalue weighted by molar-refractivity contribution is 0.0731. The van der Waals surface area contributed by atoms with Crippen LogP contribution in [0.1, 0.15) is 20.8 Å². The molecular formula is C19H20N2O2S. The highest BCUT2D eigenvalue weighted by Crippen LogP contribution is 2.19. The molecule has 0 atom stereocenters. The average Bonchev–Trinajstić information content (AvgIpc) is 3.27. The Labute approximate surface area is 145 Å². The molecule has 5 heteroatoms. The maximum atomic E-state index is 13.0. The highest BCUT2D eigenvalue weighted by molar-refractivity contribution is 7.09. The van der Waals surface area contributed by atoms with Gasteiger partial charge in [-0.1, -0.05) is 6.07 Å². The second kappa shape index (κ2) is 7.36. The van der Waals surface area contributed by atoms with Gasteiger partial charge in [0.2, 0.25) is 0 Å². The van der Waals surface area contributed by atoms with Crippen LogP contribution in [-0.2, 0) is 13.1 Å².